The minimum atomic E-state index is -0.298. The van der Waals surface area contributed by atoms with Crippen molar-refractivity contribution in [3.8, 4) is 0 Å². The van der Waals surface area contributed by atoms with Gasteiger partial charge >= 0.3 is 6.03 Å². The van der Waals surface area contributed by atoms with Crippen LogP contribution in [0, 0.1) is 5.92 Å². The maximum atomic E-state index is 12.5. The van der Waals surface area contributed by atoms with E-state index < -0.39 is 0 Å². The average molecular weight is 371 g/mol. The molecule has 0 aliphatic carbocycles. The molecule has 0 spiro atoms. The molecule has 2 saturated heterocycles. The van der Waals surface area contributed by atoms with Gasteiger partial charge in [0.05, 0.1) is 0 Å². The van der Waals surface area contributed by atoms with Crippen molar-refractivity contribution < 1.29 is 19.2 Å². The monoisotopic (exact) mass is 371 g/mol. The van der Waals surface area contributed by atoms with E-state index in [1.807, 2.05) is 30.3 Å². The fourth-order valence-corrected chi connectivity index (χ4v) is 3.66. The molecule has 7 nitrogen and oxygen atoms in total. The van der Waals surface area contributed by atoms with Gasteiger partial charge in [-0.1, -0.05) is 30.3 Å². The van der Waals surface area contributed by atoms with Crippen molar-refractivity contribution in [3.63, 3.8) is 0 Å². The van der Waals surface area contributed by atoms with Crippen LogP contribution in [0.3, 0.4) is 0 Å². The summed E-state index contributed by atoms with van der Waals surface area (Å²) in [5, 5.41) is 0. The summed E-state index contributed by atoms with van der Waals surface area (Å²) in [5.41, 5.74) is 0.729. The number of likely N-dealkylation sites (tertiary alicyclic amines) is 1. The van der Waals surface area contributed by atoms with Crippen molar-refractivity contribution in [3.05, 3.63) is 35.9 Å². The first kappa shape index (κ1) is 19.1. The second kappa shape index (κ2) is 8.33. The second-order valence-electron chi connectivity index (χ2n) is 7.17. The van der Waals surface area contributed by atoms with E-state index in [2.05, 4.69) is 0 Å². The molecule has 0 atom stereocenters. The molecule has 1 aromatic rings. The first-order chi connectivity index (χ1) is 13.0. The Morgan fingerprint density at radius 3 is 2.33 bits per heavy atom. The van der Waals surface area contributed by atoms with E-state index in [4.69, 9.17) is 0 Å². The van der Waals surface area contributed by atoms with Gasteiger partial charge in [-0.2, -0.15) is 0 Å². The Morgan fingerprint density at radius 1 is 1.07 bits per heavy atom. The zero-order valence-electron chi connectivity index (χ0n) is 15.6. The van der Waals surface area contributed by atoms with Crippen LogP contribution in [0.4, 0.5) is 4.79 Å². The van der Waals surface area contributed by atoms with Gasteiger partial charge in [0.2, 0.25) is 11.8 Å². The molecule has 2 fully saturated rings. The summed E-state index contributed by atoms with van der Waals surface area (Å²) in [7, 11) is 1.59. The fourth-order valence-electron chi connectivity index (χ4n) is 3.66. The minimum absolute atomic E-state index is 0.0214. The molecule has 2 aliphatic rings. The molecule has 2 heterocycles. The smallest absolute Gasteiger partial charge is 0.326 e. The number of Topliss-reactive ketones (excluding diaryl/α,β-unsaturated/α-hetero) is 1. The first-order valence-electron chi connectivity index (χ1n) is 9.40. The van der Waals surface area contributed by atoms with Gasteiger partial charge in [-0.05, 0) is 19.3 Å². The number of amides is 4. The van der Waals surface area contributed by atoms with Crippen LogP contribution in [-0.2, 0) is 9.59 Å². The number of rotatable bonds is 6. The summed E-state index contributed by atoms with van der Waals surface area (Å²) in [6.07, 6.45) is 2.12. The van der Waals surface area contributed by atoms with Crippen molar-refractivity contribution in [1.29, 1.82) is 0 Å². The van der Waals surface area contributed by atoms with Crippen LogP contribution in [0.5, 0.6) is 0 Å². The molecule has 2 aliphatic heterocycles. The van der Waals surface area contributed by atoms with E-state index >= 15 is 0 Å². The molecule has 27 heavy (non-hydrogen) atoms. The van der Waals surface area contributed by atoms with Gasteiger partial charge < -0.3 is 9.80 Å². The van der Waals surface area contributed by atoms with Crippen molar-refractivity contribution in [2.24, 2.45) is 5.92 Å². The summed E-state index contributed by atoms with van der Waals surface area (Å²) in [6, 6.07) is 8.97. The van der Waals surface area contributed by atoms with Gasteiger partial charge in [-0.15, -0.1) is 0 Å². The molecular weight excluding hydrogens is 346 g/mol. The lowest BCUT2D eigenvalue weighted by molar-refractivity contribution is -0.133. The number of imide groups is 1. The van der Waals surface area contributed by atoms with Gasteiger partial charge in [0, 0.05) is 44.6 Å². The number of piperidine rings is 1. The molecule has 3 rings (SSSR count). The Morgan fingerprint density at radius 2 is 1.74 bits per heavy atom. The third kappa shape index (κ3) is 4.35. The van der Waals surface area contributed by atoms with Gasteiger partial charge in [-0.3, -0.25) is 19.3 Å². The van der Waals surface area contributed by atoms with Gasteiger partial charge in [-0.25, -0.2) is 4.79 Å². The number of hydrogen-bond donors (Lipinski definition) is 0. The van der Waals surface area contributed by atoms with E-state index in [0.717, 1.165) is 5.56 Å². The summed E-state index contributed by atoms with van der Waals surface area (Å²) in [6.45, 7) is 1.53. The molecule has 1 aromatic carbocycles. The molecule has 0 radical (unpaired) electrons. The third-order valence-corrected chi connectivity index (χ3v) is 5.28. The number of benzene rings is 1. The van der Waals surface area contributed by atoms with Crippen LogP contribution in [-0.4, -0.2) is 71.6 Å². The Labute approximate surface area is 158 Å². The highest BCUT2D eigenvalue weighted by molar-refractivity contribution is 6.01. The molecule has 7 heteroatoms. The predicted octanol–water partition coefficient (Wildman–Crippen LogP) is 1.78. The van der Waals surface area contributed by atoms with Crippen LogP contribution >= 0.6 is 0 Å². The topological polar surface area (TPSA) is 78.0 Å². The molecule has 0 saturated carbocycles. The fraction of sp³-hybridized carbons (Fsp3) is 0.500. The van der Waals surface area contributed by atoms with Crippen LogP contribution in [0.25, 0.3) is 0 Å². The molecule has 0 unspecified atom stereocenters. The van der Waals surface area contributed by atoms with Crippen LogP contribution in [0.2, 0.25) is 0 Å². The lowest BCUT2D eigenvalue weighted by Gasteiger charge is -2.31. The Bertz CT molecular complexity index is 726. The normalized spacial score (nSPS) is 18.3. The molecule has 144 valence electrons. The minimum Gasteiger partial charge on any atom is -0.343 e. The van der Waals surface area contributed by atoms with Crippen LogP contribution in [0.1, 0.15) is 36.0 Å². The quantitative estimate of drug-likeness (QED) is 0.564. The lowest BCUT2D eigenvalue weighted by Crippen LogP contribution is -2.40. The number of hydrogen-bond acceptors (Lipinski definition) is 4. The van der Waals surface area contributed by atoms with Crippen molar-refractivity contribution in [1.82, 2.24) is 14.7 Å². The second-order valence-corrected chi connectivity index (χ2v) is 7.17. The average Bonchev–Trinajstić information content (AvgIpc) is 2.94. The number of urea groups is 1. The van der Waals surface area contributed by atoms with E-state index in [-0.39, 0.29) is 42.6 Å². The molecule has 4 amide bonds. The summed E-state index contributed by atoms with van der Waals surface area (Å²) in [5.74, 6) is -0.0760. The number of likely N-dealkylation sites (N-methyl/N-ethyl adjacent to an activating group) is 1. The standard InChI is InChI=1S/C20H25N3O4/c1-21-14-18(25)23(20(21)27)11-5-8-17(24)22-12-9-16(10-13-22)19(26)15-6-3-2-4-7-15/h2-4,6-7,16H,5,8-14H2,1H3. The summed E-state index contributed by atoms with van der Waals surface area (Å²) >= 11 is 0. The Kier molecular flexibility index (Phi) is 5.88. The highest BCUT2D eigenvalue weighted by Crippen LogP contribution is 2.22. The molecule has 0 N–H and O–H groups in total. The zero-order chi connectivity index (χ0) is 19.4. The largest absolute Gasteiger partial charge is 0.343 e. The van der Waals surface area contributed by atoms with Crippen LogP contribution in [0.15, 0.2) is 30.3 Å². The number of carbonyl (C=O) groups excluding carboxylic acids is 4. The summed E-state index contributed by atoms with van der Waals surface area (Å²) in [4.78, 5) is 52.8. The predicted molar refractivity (Wildman–Crippen MR) is 99.0 cm³/mol. The van der Waals surface area contributed by atoms with Crippen molar-refractivity contribution in [2.45, 2.75) is 25.7 Å². The Hall–Kier alpha value is -2.70. The highest BCUT2D eigenvalue weighted by Gasteiger charge is 2.33. The third-order valence-electron chi connectivity index (χ3n) is 5.28. The maximum absolute atomic E-state index is 12.5. The molecule has 0 bridgehead atoms. The van der Waals surface area contributed by atoms with Gasteiger partial charge in [0.25, 0.3) is 0 Å². The summed E-state index contributed by atoms with van der Waals surface area (Å²) < 4.78 is 0. The highest BCUT2D eigenvalue weighted by atomic mass is 16.2. The van der Waals surface area contributed by atoms with Gasteiger partial charge in [0.15, 0.2) is 5.78 Å². The van der Waals surface area contributed by atoms with E-state index in [0.29, 0.717) is 38.8 Å². The lowest BCUT2D eigenvalue weighted by atomic mass is 9.89. The zero-order valence-corrected chi connectivity index (χ0v) is 15.6. The number of carbonyl (C=O) groups is 4. The van der Waals surface area contributed by atoms with Crippen LogP contribution < -0.4 is 0 Å². The SMILES string of the molecule is CN1CC(=O)N(CCCC(=O)N2CCC(C(=O)c3ccccc3)CC2)C1=O. The van der Waals surface area contributed by atoms with E-state index in [1.54, 1.807) is 11.9 Å². The van der Waals surface area contributed by atoms with Crippen molar-refractivity contribution >= 4 is 23.6 Å². The van der Waals surface area contributed by atoms with Crippen molar-refractivity contribution in [2.75, 3.05) is 33.2 Å². The van der Waals surface area contributed by atoms with Gasteiger partial charge in [0.1, 0.15) is 6.54 Å². The number of ketones is 1. The first-order valence-corrected chi connectivity index (χ1v) is 9.40. The maximum Gasteiger partial charge on any atom is 0.326 e. The molecule has 0 aromatic heterocycles. The van der Waals surface area contributed by atoms with E-state index in [9.17, 15) is 19.2 Å². The number of nitrogens with zero attached hydrogens (tertiary/aromatic N) is 3. The van der Waals surface area contributed by atoms with E-state index in [1.165, 1.54) is 9.80 Å². The Balaban J connectivity index is 1.42. The molecular formula is C20H25N3O4.